The maximum atomic E-state index is 5.44. The van der Waals surface area contributed by atoms with Crippen LogP contribution >= 0.6 is 11.8 Å². The highest BCUT2D eigenvalue weighted by Crippen LogP contribution is 2.25. The van der Waals surface area contributed by atoms with E-state index in [0.717, 1.165) is 23.1 Å². The minimum atomic E-state index is 0.498. The number of aromatic nitrogens is 5. The Labute approximate surface area is 174 Å². The average Bonchev–Trinajstić information content (AvgIpc) is 3.35. The van der Waals surface area contributed by atoms with Crippen molar-refractivity contribution in [2.45, 2.75) is 44.1 Å². The van der Waals surface area contributed by atoms with Gasteiger partial charge in [0.15, 0.2) is 5.16 Å². The van der Waals surface area contributed by atoms with Crippen LogP contribution in [0, 0.1) is 6.92 Å². The van der Waals surface area contributed by atoms with Gasteiger partial charge in [-0.05, 0) is 24.0 Å². The molecule has 0 spiro atoms. The van der Waals surface area contributed by atoms with Gasteiger partial charge in [-0.1, -0.05) is 85.4 Å². The third-order valence-corrected chi connectivity index (χ3v) is 5.67. The largest absolute Gasteiger partial charge is 0.338 e. The molecule has 0 aliphatic heterocycles. The molecule has 29 heavy (non-hydrogen) atoms. The SMILES string of the molecule is Cc1nnc(SCc2nc(-c3ccc(C(C)C)cc3)no2)n1Cc1ccccc1. The van der Waals surface area contributed by atoms with Crippen molar-refractivity contribution in [2.24, 2.45) is 0 Å². The molecule has 0 N–H and O–H groups in total. The van der Waals surface area contributed by atoms with E-state index in [1.54, 1.807) is 11.8 Å². The van der Waals surface area contributed by atoms with E-state index in [-0.39, 0.29) is 0 Å². The lowest BCUT2D eigenvalue weighted by atomic mass is 10.0. The normalized spacial score (nSPS) is 11.3. The summed E-state index contributed by atoms with van der Waals surface area (Å²) in [4.78, 5) is 4.53. The smallest absolute Gasteiger partial charge is 0.237 e. The lowest BCUT2D eigenvalue weighted by Gasteiger charge is -2.07. The van der Waals surface area contributed by atoms with Gasteiger partial charge in [0.2, 0.25) is 11.7 Å². The van der Waals surface area contributed by atoms with E-state index in [9.17, 15) is 0 Å². The van der Waals surface area contributed by atoms with Crippen molar-refractivity contribution >= 4 is 11.8 Å². The molecule has 0 unspecified atom stereocenters. The summed E-state index contributed by atoms with van der Waals surface area (Å²) >= 11 is 1.55. The van der Waals surface area contributed by atoms with E-state index in [1.807, 2.05) is 37.3 Å². The summed E-state index contributed by atoms with van der Waals surface area (Å²) in [6.07, 6.45) is 0. The number of hydrogen-bond acceptors (Lipinski definition) is 6. The van der Waals surface area contributed by atoms with Crippen molar-refractivity contribution in [2.75, 3.05) is 0 Å². The predicted molar refractivity (Wildman–Crippen MR) is 114 cm³/mol. The first-order chi connectivity index (χ1) is 14.1. The summed E-state index contributed by atoms with van der Waals surface area (Å²) in [5.41, 5.74) is 3.46. The van der Waals surface area contributed by atoms with Crippen molar-refractivity contribution in [1.29, 1.82) is 0 Å². The molecule has 6 nitrogen and oxygen atoms in total. The van der Waals surface area contributed by atoms with Gasteiger partial charge >= 0.3 is 0 Å². The number of hydrogen-bond donors (Lipinski definition) is 0. The van der Waals surface area contributed by atoms with E-state index >= 15 is 0 Å². The van der Waals surface area contributed by atoms with Crippen LogP contribution < -0.4 is 0 Å². The monoisotopic (exact) mass is 405 g/mol. The lowest BCUT2D eigenvalue weighted by Crippen LogP contribution is -2.03. The minimum absolute atomic E-state index is 0.498. The maximum absolute atomic E-state index is 5.44. The first-order valence-electron chi connectivity index (χ1n) is 9.59. The van der Waals surface area contributed by atoms with Gasteiger partial charge in [0, 0.05) is 5.56 Å². The molecule has 0 saturated heterocycles. The Kier molecular flexibility index (Phi) is 5.76. The van der Waals surface area contributed by atoms with E-state index in [2.05, 4.69) is 63.0 Å². The van der Waals surface area contributed by atoms with E-state index in [4.69, 9.17) is 4.52 Å². The number of rotatable bonds is 7. The highest BCUT2D eigenvalue weighted by atomic mass is 32.2. The van der Waals surface area contributed by atoms with Crippen LogP contribution in [0.1, 0.15) is 42.6 Å². The van der Waals surface area contributed by atoms with Gasteiger partial charge < -0.3 is 9.09 Å². The molecule has 0 bridgehead atoms. The maximum Gasteiger partial charge on any atom is 0.237 e. The predicted octanol–water partition coefficient (Wildman–Crippen LogP) is 5.10. The summed E-state index contributed by atoms with van der Waals surface area (Å²) in [5, 5.41) is 13.5. The van der Waals surface area contributed by atoms with E-state index < -0.39 is 0 Å². The Balaban J connectivity index is 1.44. The molecule has 0 aliphatic rings. The van der Waals surface area contributed by atoms with Gasteiger partial charge in [0.05, 0.1) is 12.3 Å². The first kappa shape index (κ1) is 19.4. The summed E-state index contributed by atoms with van der Waals surface area (Å²) in [7, 11) is 0. The van der Waals surface area contributed by atoms with Gasteiger partial charge in [-0.15, -0.1) is 10.2 Å². The molecule has 0 aliphatic carbocycles. The van der Waals surface area contributed by atoms with Crippen LogP contribution in [0.25, 0.3) is 11.4 Å². The molecule has 0 amide bonds. The molecule has 4 rings (SSSR count). The molecule has 4 aromatic rings. The number of benzene rings is 2. The summed E-state index contributed by atoms with van der Waals surface area (Å²) < 4.78 is 7.54. The molecule has 2 aromatic carbocycles. The quantitative estimate of drug-likeness (QED) is 0.398. The molecular formula is C22H23N5OS. The van der Waals surface area contributed by atoms with Gasteiger partial charge in [-0.2, -0.15) is 4.98 Å². The third-order valence-electron chi connectivity index (χ3n) is 4.71. The van der Waals surface area contributed by atoms with Crippen molar-refractivity contribution in [1.82, 2.24) is 24.9 Å². The Morgan fingerprint density at radius 3 is 2.48 bits per heavy atom. The van der Waals surface area contributed by atoms with Crippen LogP contribution in [-0.4, -0.2) is 24.9 Å². The standard InChI is InChI=1S/C22H23N5OS/c1-15(2)18-9-11-19(12-10-18)21-23-20(28-26-21)14-29-22-25-24-16(3)27(22)13-17-7-5-4-6-8-17/h4-12,15H,13-14H2,1-3H3. The van der Waals surface area contributed by atoms with Crippen LogP contribution in [0.2, 0.25) is 0 Å². The van der Waals surface area contributed by atoms with Crippen molar-refractivity contribution < 1.29 is 4.52 Å². The minimum Gasteiger partial charge on any atom is -0.338 e. The van der Waals surface area contributed by atoms with Crippen molar-refractivity contribution in [3.63, 3.8) is 0 Å². The molecule has 0 radical (unpaired) electrons. The van der Waals surface area contributed by atoms with Crippen LogP contribution in [-0.2, 0) is 12.3 Å². The van der Waals surface area contributed by atoms with Gasteiger partial charge in [0.25, 0.3) is 0 Å². The molecule has 0 atom stereocenters. The molecule has 2 aromatic heterocycles. The zero-order valence-electron chi connectivity index (χ0n) is 16.7. The zero-order chi connectivity index (χ0) is 20.2. The number of nitrogens with zero attached hydrogens (tertiary/aromatic N) is 5. The van der Waals surface area contributed by atoms with Gasteiger partial charge in [-0.25, -0.2) is 0 Å². The second kappa shape index (κ2) is 8.61. The summed E-state index contributed by atoms with van der Waals surface area (Å²) in [5.74, 6) is 3.11. The van der Waals surface area contributed by atoms with Crippen LogP contribution in [0.5, 0.6) is 0 Å². The average molecular weight is 406 g/mol. The number of thioether (sulfide) groups is 1. The van der Waals surface area contributed by atoms with E-state index in [1.165, 1.54) is 11.1 Å². The Bertz CT molecular complexity index is 1070. The summed E-state index contributed by atoms with van der Waals surface area (Å²) in [6.45, 7) is 7.05. The molecule has 0 saturated carbocycles. The molecule has 148 valence electrons. The van der Waals surface area contributed by atoms with Crippen molar-refractivity contribution in [3.05, 3.63) is 77.4 Å². The van der Waals surface area contributed by atoms with Gasteiger partial charge in [0.1, 0.15) is 5.82 Å². The fourth-order valence-electron chi connectivity index (χ4n) is 2.99. The van der Waals surface area contributed by atoms with Gasteiger partial charge in [-0.3, -0.25) is 0 Å². The van der Waals surface area contributed by atoms with Crippen LogP contribution in [0.15, 0.2) is 64.3 Å². The highest BCUT2D eigenvalue weighted by molar-refractivity contribution is 7.98. The topological polar surface area (TPSA) is 69.6 Å². The van der Waals surface area contributed by atoms with Crippen LogP contribution in [0.4, 0.5) is 0 Å². The number of aryl methyl sites for hydroxylation is 1. The highest BCUT2D eigenvalue weighted by Gasteiger charge is 2.14. The first-order valence-corrected chi connectivity index (χ1v) is 10.6. The molecule has 2 heterocycles. The Morgan fingerprint density at radius 2 is 1.76 bits per heavy atom. The van der Waals surface area contributed by atoms with E-state index in [0.29, 0.717) is 23.4 Å². The Hall–Kier alpha value is -2.93. The Morgan fingerprint density at radius 1 is 1.00 bits per heavy atom. The molecular weight excluding hydrogens is 382 g/mol. The molecule has 7 heteroatoms. The van der Waals surface area contributed by atoms with Crippen LogP contribution in [0.3, 0.4) is 0 Å². The summed E-state index contributed by atoms with van der Waals surface area (Å²) in [6, 6.07) is 18.6. The second-order valence-corrected chi connectivity index (χ2v) is 8.12. The fraction of sp³-hybridized carbons (Fsp3) is 0.273. The third kappa shape index (κ3) is 4.56. The fourth-order valence-corrected chi connectivity index (χ4v) is 3.81. The zero-order valence-corrected chi connectivity index (χ0v) is 17.6. The lowest BCUT2D eigenvalue weighted by molar-refractivity contribution is 0.391. The second-order valence-electron chi connectivity index (χ2n) is 7.18. The van der Waals surface area contributed by atoms with Crippen molar-refractivity contribution in [3.8, 4) is 11.4 Å². The molecule has 0 fully saturated rings.